The largest absolute Gasteiger partial charge is 0.348 e. The summed E-state index contributed by atoms with van der Waals surface area (Å²) >= 11 is 12.1. The van der Waals surface area contributed by atoms with Crippen molar-refractivity contribution in [2.45, 2.75) is 11.4 Å². The molecule has 0 saturated heterocycles. The van der Waals surface area contributed by atoms with E-state index in [-0.39, 0.29) is 34.4 Å². The highest BCUT2D eigenvalue weighted by Gasteiger charge is 2.27. The Bertz CT molecular complexity index is 1230. The van der Waals surface area contributed by atoms with Crippen molar-refractivity contribution >= 4 is 44.8 Å². The number of nitrogens with zero attached hydrogens (tertiary/aromatic N) is 1. The van der Waals surface area contributed by atoms with Crippen LogP contribution in [0.3, 0.4) is 0 Å². The van der Waals surface area contributed by atoms with Crippen LogP contribution in [0.15, 0.2) is 84.3 Å². The lowest BCUT2D eigenvalue weighted by Gasteiger charge is -2.24. The van der Waals surface area contributed by atoms with Crippen LogP contribution in [-0.4, -0.2) is 20.9 Å². The van der Waals surface area contributed by atoms with Gasteiger partial charge in [0.05, 0.1) is 17.3 Å². The number of benzene rings is 3. The lowest BCUT2D eigenvalue weighted by atomic mass is 10.2. The van der Waals surface area contributed by atoms with Crippen molar-refractivity contribution in [3.8, 4) is 0 Å². The molecule has 0 saturated carbocycles. The number of carbonyl (C=O) groups excluding carboxylic acids is 1. The topological polar surface area (TPSA) is 66.5 Å². The van der Waals surface area contributed by atoms with Gasteiger partial charge in [0.25, 0.3) is 15.9 Å². The average molecular weight is 493 g/mol. The van der Waals surface area contributed by atoms with E-state index in [2.05, 4.69) is 11.9 Å². The Labute approximate surface area is 196 Å². The van der Waals surface area contributed by atoms with Gasteiger partial charge in [-0.3, -0.25) is 9.10 Å². The van der Waals surface area contributed by atoms with Crippen molar-refractivity contribution in [1.82, 2.24) is 5.32 Å². The van der Waals surface area contributed by atoms with E-state index in [9.17, 15) is 17.6 Å². The maximum atomic E-state index is 13.4. The number of halogens is 3. The first-order valence-corrected chi connectivity index (χ1v) is 11.6. The van der Waals surface area contributed by atoms with Gasteiger partial charge in [0.15, 0.2) is 0 Å². The molecule has 3 rings (SSSR count). The van der Waals surface area contributed by atoms with Gasteiger partial charge >= 0.3 is 0 Å². The van der Waals surface area contributed by atoms with E-state index >= 15 is 0 Å². The highest BCUT2D eigenvalue weighted by Crippen LogP contribution is 2.30. The minimum absolute atomic E-state index is 0.0126. The normalized spacial score (nSPS) is 11.1. The maximum Gasteiger partial charge on any atom is 0.266 e. The molecule has 3 aromatic rings. The average Bonchev–Trinajstić information content (AvgIpc) is 2.77. The Hall–Kier alpha value is -2.87. The minimum atomic E-state index is -4.12. The molecule has 0 aromatic heterocycles. The van der Waals surface area contributed by atoms with Crippen LogP contribution in [0.4, 0.5) is 10.1 Å². The van der Waals surface area contributed by atoms with Gasteiger partial charge in [-0.05, 0) is 60.2 Å². The van der Waals surface area contributed by atoms with Gasteiger partial charge in [-0.15, -0.1) is 6.58 Å². The number of hydrogen-bond acceptors (Lipinski definition) is 3. The molecule has 0 radical (unpaired) electrons. The Morgan fingerprint density at radius 2 is 1.69 bits per heavy atom. The van der Waals surface area contributed by atoms with Crippen LogP contribution in [-0.2, 0) is 16.6 Å². The van der Waals surface area contributed by atoms with Crippen molar-refractivity contribution in [2.24, 2.45) is 0 Å². The molecule has 0 unspecified atom stereocenters. The molecule has 1 N–H and O–H groups in total. The molecular weight excluding hydrogens is 474 g/mol. The molecule has 0 aliphatic heterocycles. The first kappa shape index (κ1) is 23.8. The number of rotatable bonds is 8. The second-order valence-corrected chi connectivity index (χ2v) is 9.43. The fraction of sp³-hybridized carbons (Fsp3) is 0.0870. The van der Waals surface area contributed by atoms with Gasteiger partial charge in [0, 0.05) is 17.1 Å². The number of hydrogen-bond donors (Lipinski definition) is 1. The molecule has 166 valence electrons. The molecule has 1 amide bonds. The van der Waals surface area contributed by atoms with Crippen LogP contribution in [0.2, 0.25) is 10.0 Å². The van der Waals surface area contributed by atoms with Gasteiger partial charge in [-0.25, -0.2) is 12.8 Å². The molecule has 0 aliphatic carbocycles. The molecule has 32 heavy (non-hydrogen) atoms. The molecule has 9 heteroatoms. The van der Waals surface area contributed by atoms with Crippen LogP contribution in [0.25, 0.3) is 0 Å². The van der Waals surface area contributed by atoms with Crippen LogP contribution in [0, 0.1) is 5.82 Å². The summed E-state index contributed by atoms with van der Waals surface area (Å²) in [7, 11) is -4.12. The van der Waals surface area contributed by atoms with Crippen molar-refractivity contribution < 1.29 is 17.6 Å². The van der Waals surface area contributed by atoms with E-state index in [4.69, 9.17) is 23.2 Å². The van der Waals surface area contributed by atoms with E-state index in [1.807, 2.05) is 0 Å². The van der Waals surface area contributed by atoms with Crippen molar-refractivity contribution in [3.05, 3.63) is 106 Å². The zero-order valence-corrected chi connectivity index (χ0v) is 19.1. The molecule has 0 atom stereocenters. The number of carbonyl (C=O) groups is 1. The Kier molecular flexibility index (Phi) is 7.56. The van der Waals surface area contributed by atoms with Crippen molar-refractivity contribution in [3.63, 3.8) is 0 Å². The summed E-state index contributed by atoms with van der Waals surface area (Å²) < 4.78 is 41.0. The number of anilines is 1. The molecule has 0 heterocycles. The monoisotopic (exact) mass is 492 g/mol. The highest BCUT2D eigenvalue weighted by atomic mass is 35.5. The molecule has 0 aliphatic rings. The van der Waals surface area contributed by atoms with Gasteiger partial charge < -0.3 is 5.32 Å². The summed E-state index contributed by atoms with van der Waals surface area (Å²) in [5, 5.41) is 3.12. The maximum absolute atomic E-state index is 13.4. The minimum Gasteiger partial charge on any atom is -0.348 e. The summed E-state index contributed by atoms with van der Waals surface area (Å²) in [4.78, 5) is 12.4. The van der Waals surface area contributed by atoms with E-state index in [0.29, 0.717) is 16.3 Å². The SMILES string of the molecule is C=CCN(c1ccc(Cl)cc1)S(=O)(=O)c1cc(C(=O)NCc2ccc(F)cc2)ccc1Cl. The summed E-state index contributed by atoms with van der Waals surface area (Å²) in [6.07, 6.45) is 1.44. The predicted octanol–water partition coefficient (Wildman–Crippen LogP) is 5.44. The van der Waals surface area contributed by atoms with Gasteiger partial charge in [-0.1, -0.05) is 41.4 Å². The Morgan fingerprint density at radius 1 is 1.03 bits per heavy atom. The molecular formula is C23H19Cl2FN2O3S. The lowest BCUT2D eigenvalue weighted by Crippen LogP contribution is -2.31. The second-order valence-electron chi connectivity index (χ2n) is 6.76. The molecule has 0 bridgehead atoms. The lowest BCUT2D eigenvalue weighted by molar-refractivity contribution is 0.0950. The zero-order chi connectivity index (χ0) is 23.3. The summed E-state index contributed by atoms with van der Waals surface area (Å²) in [5.74, 6) is -0.874. The molecule has 0 fully saturated rings. The Balaban J connectivity index is 1.89. The molecule has 3 aromatic carbocycles. The number of sulfonamides is 1. The third-order valence-electron chi connectivity index (χ3n) is 4.54. The van der Waals surface area contributed by atoms with Crippen LogP contribution in [0.5, 0.6) is 0 Å². The van der Waals surface area contributed by atoms with Crippen molar-refractivity contribution in [1.29, 1.82) is 0 Å². The van der Waals surface area contributed by atoms with Crippen LogP contribution < -0.4 is 9.62 Å². The quantitative estimate of drug-likeness (QED) is 0.425. The molecule has 5 nitrogen and oxygen atoms in total. The summed E-state index contributed by atoms with van der Waals surface area (Å²) in [5.41, 5.74) is 1.18. The zero-order valence-electron chi connectivity index (χ0n) is 16.8. The first-order chi connectivity index (χ1) is 15.2. The Morgan fingerprint density at radius 3 is 2.31 bits per heavy atom. The molecule has 0 spiro atoms. The standard InChI is InChI=1S/C23H19Cl2FN2O3S/c1-2-13-28(20-10-6-18(24)7-11-20)32(30,31)22-14-17(5-12-21(22)25)23(29)27-15-16-3-8-19(26)9-4-16/h2-12,14H,1,13,15H2,(H,27,29). The third kappa shape index (κ3) is 5.48. The van der Waals surface area contributed by atoms with E-state index in [1.165, 1.54) is 36.4 Å². The van der Waals surface area contributed by atoms with Crippen LogP contribution >= 0.6 is 23.2 Å². The van der Waals surface area contributed by atoms with Gasteiger partial charge in [0.1, 0.15) is 10.7 Å². The highest BCUT2D eigenvalue weighted by molar-refractivity contribution is 7.93. The fourth-order valence-corrected chi connectivity index (χ4v) is 4.98. The van der Waals surface area contributed by atoms with Gasteiger partial charge in [-0.2, -0.15) is 0 Å². The number of amides is 1. The van der Waals surface area contributed by atoms with Crippen LogP contribution in [0.1, 0.15) is 15.9 Å². The van der Waals surface area contributed by atoms with Gasteiger partial charge in [0.2, 0.25) is 0 Å². The third-order valence-corrected chi connectivity index (χ3v) is 7.06. The first-order valence-electron chi connectivity index (χ1n) is 9.44. The number of nitrogens with one attached hydrogen (secondary N) is 1. The van der Waals surface area contributed by atoms with E-state index in [1.54, 1.807) is 36.4 Å². The van der Waals surface area contributed by atoms with E-state index in [0.717, 1.165) is 4.31 Å². The smallest absolute Gasteiger partial charge is 0.266 e. The van der Waals surface area contributed by atoms with Crippen molar-refractivity contribution in [2.75, 3.05) is 10.8 Å². The van der Waals surface area contributed by atoms with E-state index < -0.39 is 15.9 Å². The second kappa shape index (κ2) is 10.2. The summed E-state index contributed by atoms with van der Waals surface area (Å²) in [6.45, 7) is 3.76. The predicted molar refractivity (Wildman–Crippen MR) is 125 cm³/mol. The summed E-state index contributed by atoms with van der Waals surface area (Å²) in [6, 6.07) is 16.0. The fourth-order valence-electron chi connectivity index (χ4n) is 2.91.